The molecule has 0 saturated carbocycles. The lowest BCUT2D eigenvalue weighted by Crippen LogP contribution is -2.44. The Balaban J connectivity index is 1.60. The second kappa shape index (κ2) is 13.8. The minimum atomic E-state index is -4.17. The summed E-state index contributed by atoms with van der Waals surface area (Å²) in [7, 11) is -4.17. The van der Waals surface area contributed by atoms with Crippen LogP contribution >= 0.6 is 0 Å². The van der Waals surface area contributed by atoms with E-state index in [0.29, 0.717) is 23.7 Å². The van der Waals surface area contributed by atoms with Crippen molar-refractivity contribution in [1.82, 2.24) is 24.8 Å². The third kappa shape index (κ3) is 7.61. The fourth-order valence-corrected chi connectivity index (χ4v) is 6.35. The molecule has 0 spiro atoms. The molecule has 242 valence electrons. The van der Waals surface area contributed by atoms with Gasteiger partial charge in [-0.3, -0.25) is 4.79 Å². The first-order chi connectivity index (χ1) is 21.9. The summed E-state index contributed by atoms with van der Waals surface area (Å²) in [5.74, 6) is 0.835. The Hall–Kier alpha value is -4.58. The number of benzene rings is 2. The van der Waals surface area contributed by atoms with Crippen LogP contribution in [0, 0.1) is 19.8 Å². The van der Waals surface area contributed by atoms with Gasteiger partial charge in [0.25, 0.3) is 15.9 Å². The lowest BCUT2D eigenvalue weighted by Gasteiger charge is -2.32. The number of amides is 1. The molecule has 12 heteroatoms. The van der Waals surface area contributed by atoms with E-state index < -0.39 is 16.1 Å². The number of ether oxygens (including phenoxy) is 2. The molecule has 2 atom stereocenters. The average Bonchev–Trinajstić information content (AvgIpc) is 3.01. The summed E-state index contributed by atoms with van der Waals surface area (Å²) in [5.41, 5.74) is 3.52. The number of fused-ring (bicyclic) bond motifs is 4. The molecule has 1 aliphatic rings. The van der Waals surface area contributed by atoms with Crippen LogP contribution in [0.25, 0.3) is 11.3 Å². The SMILES string of the molecule is CC[C@@H](C)Oc1cnc(CN2C(=O)c3cccc(c3)S(=O)(=O)Nc3nc(cc(-c4c(C)cccc4C)n3)OC[C@H]2CC(C)C)nc1. The van der Waals surface area contributed by atoms with E-state index in [-0.39, 0.29) is 53.4 Å². The number of anilines is 1. The number of carbonyl (C=O) groups is 1. The Morgan fingerprint density at radius 2 is 1.72 bits per heavy atom. The van der Waals surface area contributed by atoms with Gasteiger partial charge < -0.3 is 14.4 Å². The van der Waals surface area contributed by atoms with Crippen LogP contribution in [0.3, 0.4) is 0 Å². The zero-order valence-electron chi connectivity index (χ0n) is 27.0. The topological polar surface area (TPSA) is 136 Å². The first-order valence-corrected chi connectivity index (χ1v) is 16.9. The Morgan fingerprint density at radius 1 is 1.02 bits per heavy atom. The molecular formula is C34H40N6O5S. The molecule has 1 amide bonds. The Morgan fingerprint density at radius 3 is 2.39 bits per heavy atom. The molecule has 4 bridgehead atoms. The second-order valence-electron chi connectivity index (χ2n) is 12.0. The summed E-state index contributed by atoms with van der Waals surface area (Å²) in [6.45, 7) is 12.2. The van der Waals surface area contributed by atoms with Crippen molar-refractivity contribution in [3.05, 3.63) is 83.4 Å². The van der Waals surface area contributed by atoms with Gasteiger partial charge in [0.05, 0.1) is 41.7 Å². The highest BCUT2D eigenvalue weighted by atomic mass is 32.2. The summed E-state index contributed by atoms with van der Waals surface area (Å²) >= 11 is 0. The standard InChI is InChI=1S/C34H40N6O5S/c1-7-24(6)45-27-17-35-30(36-18-27)19-40-26(14-21(2)3)20-44-31-16-29(32-22(4)10-8-11-23(32)5)37-34(38-31)39-46(42,43)28-13-9-12-25(15-28)33(40)41/h8-13,15-18,21,24,26H,7,14,19-20H2,1-6H3,(H,37,38,39)/t24-,26-/m1/s1. The molecule has 2 aromatic carbocycles. The molecule has 4 aromatic rings. The third-order valence-electron chi connectivity index (χ3n) is 7.83. The van der Waals surface area contributed by atoms with Gasteiger partial charge in [0, 0.05) is 17.2 Å². The van der Waals surface area contributed by atoms with Crippen LogP contribution in [-0.2, 0) is 16.6 Å². The largest absolute Gasteiger partial charge is 0.487 e. The molecule has 3 heterocycles. The fraction of sp³-hybridized carbons (Fsp3) is 0.382. The number of hydrogen-bond donors (Lipinski definition) is 1. The van der Waals surface area contributed by atoms with Gasteiger partial charge in [-0.1, -0.05) is 45.0 Å². The summed E-state index contributed by atoms with van der Waals surface area (Å²) in [6, 6.07) is 13.1. The van der Waals surface area contributed by atoms with E-state index in [4.69, 9.17) is 9.47 Å². The summed E-state index contributed by atoms with van der Waals surface area (Å²) in [5, 5.41) is 0. The van der Waals surface area contributed by atoms with Crippen LogP contribution in [0.15, 0.2) is 65.8 Å². The van der Waals surface area contributed by atoms with Crippen molar-refractivity contribution in [3.63, 3.8) is 0 Å². The van der Waals surface area contributed by atoms with Crippen LogP contribution < -0.4 is 14.2 Å². The van der Waals surface area contributed by atoms with Crippen LogP contribution in [-0.4, -0.2) is 57.9 Å². The maximum absolute atomic E-state index is 14.2. The van der Waals surface area contributed by atoms with Crippen molar-refractivity contribution in [2.24, 2.45) is 5.92 Å². The van der Waals surface area contributed by atoms with Crippen LogP contribution in [0.5, 0.6) is 11.6 Å². The van der Waals surface area contributed by atoms with E-state index in [1.165, 1.54) is 12.1 Å². The fourth-order valence-electron chi connectivity index (χ4n) is 5.36. The van der Waals surface area contributed by atoms with E-state index in [1.807, 2.05) is 45.9 Å². The Kier molecular flexibility index (Phi) is 9.85. The molecule has 46 heavy (non-hydrogen) atoms. The summed E-state index contributed by atoms with van der Waals surface area (Å²) < 4.78 is 41.8. The molecule has 2 aromatic heterocycles. The molecule has 0 aliphatic carbocycles. The monoisotopic (exact) mass is 644 g/mol. The number of hydrogen-bond acceptors (Lipinski definition) is 9. The van der Waals surface area contributed by atoms with E-state index in [2.05, 4.69) is 38.5 Å². The van der Waals surface area contributed by atoms with Crippen molar-refractivity contribution in [2.75, 3.05) is 11.3 Å². The minimum absolute atomic E-state index is 0.0123. The molecule has 0 radical (unpaired) electrons. The number of aryl methyl sites for hydroxylation is 2. The van der Waals surface area contributed by atoms with Gasteiger partial charge in [-0.2, -0.15) is 4.98 Å². The van der Waals surface area contributed by atoms with Gasteiger partial charge in [-0.25, -0.2) is 28.1 Å². The van der Waals surface area contributed by atoms with E-state index in [9.17, 15) is 13.2 Å². The normalized spacial score (nSPS) is 16.8. The summed E-state index contributed by atoms with van der Waals surface area (Å²) in [6.07, 6.45) is 4.65. The molecule has 11 nitrogen and oxygen atoms in total. The molecular weight excluding hydrogens is 604 g/mol. The van der Waals surface area contributed by atoms with Gasteiger partial charge in [-0.15, -0.1) is 0 Å². The van der Waals surface area contributed by atoms with Crippen molar-refractivity contribution in [1.29, 1.82) is 0 Å². The molecule has 1 N–H and O–H groups in total. The minimum Gasteiger partial charge on any atom is -0.487 e. The number of rotatable bonds is 8. The molecule has 0 saturated heterocycles. The molecule has 0 fully saturated rings. The number of sulfonamides is 1. The Bertz CT molecular complexity index is 1790. The molecule has 1 aliphatic heterocycles. The van der Waals surface area contributed by atoms with Crippen LogP contribution in [0.1, 0.15) is 67.8 Å². The number of carbonyl (C=O) groups excluding carboxylic acids is 1. The van der Waals surface area contributed by atoms with Crippen LogP contribution in [0.2, 0.25) is 0 Å². The number of nitrogens with one attached hydrogen (secondary N) is 1. The quantitative estimate of drug-likeness (QED) is 0.246. The van der Waals surface area contributed by atoms with E-state index in [0.717, 1.165) is 23.1 Å². The maximum atomic E-state index is 14.2. The molecule has 5 rings (SSSR count). The predicted octanol–water partition coefficient (Wildman–Crippen LogP) is 5.98. The highest BCUT2D eigenvalue weighted by Crippen LogP contribution is 2.30. The Labute approximate surface area is 270 Å². The third-order valence-corrected chi connectivity index (χ3v) is 9.16. The highest BCUT2D eigenvalue weighted by molar-refractivity contribution is 7.92. The van der Waals surface area contributed by atoms with Crippen molar-refractivity contribution in [3.8, 4) is 22.9 Å². The van der Waals surface area contributed by atoms with E-state index >= 15 is 0 Å². The predicted molar refractivity (Wildman–Crippen MR) is 175 cm³/mol. The molecule has 0 unspecified atom stereocenters. The average molecular weight is 645 g/mol. The van der Waals surface area contributed by atoms with Gasteiger partial charge in [0.1, 0.15) is 12.4 Å². The zero-order valence-corrected chi connectivity index (χ0v) is 27.8. The lowest BCUT2D eigenvalue weighted by atomic mass is 10.00. The first kappa shape index (κ1) is 32.8. The van der Waals surface area contributed by atoms with Gasteiger partial charge in [-0.05, 0) is 68.9 Å². The van der Waals surface area contributed by atoms with Gasteiger partial charge >= 0.3 is 0 Å². The second-order valence-corrected chi connectivity index (χ2v) is 13.7. The highest BCUT2D eigenvalue weighted by Gasteiger charge is 2.30. The maximum Gasteiger partial charge on any atom is 0.264 e. The lowest BCUT2D eigenvalue weighted by molar-refractivity contribution is 0.0545. The van der Waals surface area contributed by atoms with Crippen LogP contribution in [0.4, 0.5) is 5.95 Å². The first-order valence-electron chi connectivity index (χ1n) is 15.4. The number of nitrogens with zero attached hydrogens (tertiary/aromatic N) is 5. The van der Waals surface area contributed by atoms with Crippen molar-refractivity contribution >= 4 is 21.9 Å². The number of aromatic nitrogens is 4. The van der Waals surface area contributed by atoms with Gasteiger partial charge in [0.15, 0.2) is 5.75 Å². The van der Waals surface area contributed by atoms with E-state index in [1.54, 1.807) is 35.5 Å². The van der Waals surface area contributed by atoms with Crippen molar-refractivity contribution in [2.45, 2.75) is 78.0 Å². The zero-order chi connectivity index (χ0) is 33.0. The summed E-state index contributed by atoms with van der Waals surface area (Å²) in [4.78, 5) is 33.8. The van der Waals surface area contributed by atoms with Gasteiger partial charge in [0.2, 0.25) is 11.8 Å². The van der Waals surface area contributed by atoms with Crippen molar-refractivity contribution < 1.29 is 22.7 Å². The smallest absolute Gasteiger partial charge is 0.264 e.